The Kier molecular flexibility index (Phi) is 6.62. The van der Waals surface area contributed by atoms with Crippen molar-refractivity contribution in [1.29, 1.82) is 0 Å². The van der Waals surface area contributed by atoms with Crippen molar-refractivity contribution in [1.82, 2.24) is 0 Å². The molecule has 1 atom stereocenters. The van der Waals surface area contributed by atoms with Crippen LogP contribution >= 0.6 is 0 Å². The summed E-state index contributed by atoms with van der Waals surface area (Å²) in [5, 5.41) is 0. The summed E-state index contributed by atoms with van der Waals surface area (Å²) in [5.41, 5.74) is 5.28. The number of hydrogen-bond acceptors (Lipinski definition) is 7. The molecule has 0 bridgehead atoms. The zero-order valence-electron chi connectivity index (χ0n) is 23.1. The third-order valence-corrected chi connectivity index (χ3v) is 7.87. The molecule has 0 aromatic heterocycles. The number of allylic oxidation sites excluding steroid dienone is 1. The minimum absolute atomic E-state index is 0.124. The average molecular weight is 561 g/mol. The summed E-state index contributed by atoms with van der Waals surface area (Å²) in [5.74, 6) is 2.55. The van der Waals surface area contributed by atoms with Gasteiger partial charge in [-0.05, 0) is 70.8 Å². The van der Waals surface area contributed by atoms with E-state index in [2.05, 4.69) is 12.1 Å². The van der Waals surface area contributed by atoms with E-state index in [1.807, 2.05) is 54.6 Å². The SMILES string of the molecule is COc1ccc(C=C2Oc3c(ccc4c3C(c3cccc(OCCc5ccc6c(c5)CCO6)c3)CC(=O)O4)C2=O)cc1. The Bertz CT molecular complexity index is 1740. The molecular formula is C35H28O7. The quantitative estimate of drug-likeness (QED) is 0.149. The normalized spacial score (nSPS) is 17.5. The van der Waals surface area contributed by atoms with E-state index in [1.165, 1.54) is 11.1 Å². The van der Waals surface area contributed by atoms with Gasteiger partial charge in [0.25, 0.3) is 0 Å². The second kappa shape index (κ2) is 10.7. The van der Waals surface area contributed by atoms with E-state index in [1.54, 1.807) is 25.3 Å². The van der Waals surface area contributed by atoms with Gasteiger partial charge in [-0.25, -0.2) is 0 Å². The molecule has 0 spiro atoms. The maximum Gasteiger partial charge on any atom is 0.312 e. The summed E-state index contributed by atoms with van der Waals surface area (Å²) < 4.78 is 28.8. The van der Waals surface area contributed by atoms with Gasteiger partial charge in [0.15, 0.2) is 5.76 Å². The maximum atomic E-state index is 13.3. The van der Waals surface area contributed by atoms with Gasteiger partial charge in [-0.2, -0.15) is 0 Å². The van der Waals surface area contributed by atoms with Crippen molar-refractivity contribution in [2.75, 3.05) is 20.3 Å². The molecule has 3 aliphatic heterocycles. The Morgan fingerprint density at radius 1 is 0.905 bits per heavy atom. The second-order valence-corrected chi connectivity index (χ2v) is 10.5. The number of rotatable bonds is 7. The zero-order chi connectivity index (χ0) is 28.6. The van der Waals surface area contributed by atoms with Crippen molar-refractivity contribution in [2.45, 2.75) is 25.2 Å². The number of carbonyl (C=O) groups is 2. The molecule has 0 saturated carbocycles. The lowest BCUT2D eigenvalue weighted by Gasteiger charge is -2.26. The van der Waals surface area contributed by atoms with Crippen LogP contribution in [0.25, 0.3) is 6.08 Å². The van der Waals surface area contributed by atoms with Crippen molar-refractivity contribution in [3.63, 3.8) is 0 Å². The first-order valence-electron chi connectivity index (χ1n) is 14.0. The molecule has 3 heterocycles. The number of fused-ring (bicyclic) bond motifs is 4. The number of ketones is 1. The van der Waals surface area contributed by atoms with Crippen LogP contribution in [0.1, 0.15) is 50.5 Å². The van der Waals surface area contributed by atoms with E-state index >= 15 is 0 Å². The van der Waals surface area contributed by atoms with E-state index in [9.17, 15) is 9.59 Å². The van der Waals surface area contributed by atoms with Gasteiger partial charge in [0.2, 0.25) is 5.78 Å². The van der Waals surface area contributed by atoms with Crippen molar-refractivity contribution in [3.05, 3.63) is 118 Å². The Hall–Kier alpha value is -5.04. The van der Waals surface area contributed by atoms with Crippen LogP contribution in [0.2, 0.25) is 0 Å². The van der Waals surface area contributed by atoms with Gasteiger partial charge in [-0.3, -0.25) is 9.59 Å². The highest BCUT2D eigenvalue weighted by Gasteiger charge is 2.38. The fraction of sp³-hybridized carbons (Fsp3) is 0.200. The van der Waals surface area contributed by atoms with Gasteiger partial charge < -0.3 is 23.7 Å². The lowest BCUT2D eigenvalue weighted by molar-refractivity contribution is -0.135. The molecule has 0 amide bonds. The molecule has 0 N–H and O–H groups in total. The van der Waals surface area contributed by atoms with Crippen LogP contribution in [0.4, 0.5) is 0 Å². The summed E-state index contributed by atoms with van der Waals surface area (Å²) in [6.45, 7) is 1.25. The van der Waals surface area contributed by atoms with Crippen LogP contribution in [-0.2, 0) is 17.6 Å². The van der Waals surface area contributed by atoms with Gasteiger partial charge in [0.05, 0.1) is 32.3 Å². The molecule has 1 unspecified atom stereocenters. The van der Waals surface area contributed by atoms with Gasteiger partial charge >= 0.3 is 5.97 Å². The molecule has 4 aromatic rings. The van der Waals surface area contributed by atoms with Crippen molar-refractivity contribution < 1.29 is 33.3 Å². The number of carbonyl (C=O) groups excluding carboxylic acids is 2. The van der Waals surface area contributed by atoms with Gasteiger partial charge in [-0.1, -0.05) is 36.4 Å². The molecule has 210 valence electrons. The van der Waals surface area contributed by atoms with Crippen LogP contribution < -0.4 is 23.7 Å². The molecule has 7 rings (SSSR count). The first-order valence-corrected chi connectivity index (χ1v) is 14.0. The fourth-order valence-corrected chi connectivity index (χ4v) is 5.75. The number of hydrogen-bond donors (Lipinski definition) is 0. The molecule has 0 saturated heterocycles. The summed E-state index contributed by atoms with van der Waals surface area (Å²) in [7, 11) is 1.60. The van der Waals surface area contributed by atoms with Gasteiger partial charge in [-0.15, -0.1) is 0 Å². The van der Waals surface area contributed by atoms with E-state index < -0.39 is 0 Å². The monoisotopic (exact) mass is 560 g/mol. The molecule has 0 fully saturated rings. The predicted octanol–water partition coefficient (Wildman–Crippen LogP) is 6.31. The van der Waals surface area contributed by atoms with Crippen LogP contribution in [0.15, 0.2) is 84.6 Å². The molecule has 0 aliphatic carbocycles. The summed E-state index contributed by atoms with van der Waals surface area (Å²) >= 11 is 0. The number of methoxy groups -OCH3 is 1. The summed E-state index contributed by atoms with van der Waals surface area (Å²) in [6.07, 6.45) is 3.54. The highest BCUT2D eigenvalue weighted by atomic mass is 16.5. The van der Waals surface area contributed by atoms with Gasteiger partial charge in [0.1, 0.15) is 28.7 Å². The molecule has 0 radical (unpaired) electrons. The maximum absolute atomic E-state index is 13.3. The standard InChI is InChI=1S/C35H28O7/c1-38-25-8-5-21(6-9-25)18-31-34(37)27-10-12-30-33(35(27)42-31)28(20-32(36)41-30)23-3-2-4-26(19-23)39-15-13-22-7-11-29-24(17-22)14-16-40-29/h2-12,17-19,28H,13-16,20H2,1H3. The molecule has 3 aliphatic rings. The third-order valence-electron chi connectivity index (χ3n) is 7.87. The third kappa shape index (κ3) is 4.87. The summed E-state index contributed by atoms with van der Waals surface area (Å²) in [6, 6.07) is 24.7. The lowest BCUT2D eigenvalue weighted by atomic mass is 9.84. The van der Waals surface area contributed by atoms with E-state index in [-0.39, 0.29) is 29.9 Å². The first kappa shape index (κ1) is 25.9. The minimum Gasteiger partial charge on any atom is -0.497 e. The number of esters is 1. The Labute approximate surface area is 243 Å². The predicted molar refractivity (Wildman–Crippen MR) is 156 cm³/mol. The van der Waals surface area contributed by atoms with Gasteiger partial charge in [0, 0.05) is 24.3 Å². The lowest BCUT2D eigenvalue weighted by Crippen LogP contribution is -2.21. The molecule has 7 nitrogen and oxygen atoms in total. The second-order valence-electron chi connectivity index (χ2n) is 10.5. The van der Waals surface area contributed by atoms with E-state index in [4.69, 9.17) is 23.7 Å². The van der Waals surface area contributed by atoms with Crippen molar-refractivity contribution in [2.24, 2.45) is 0 Å². The van der Waals surface area contributed by atoms with Crippen molar-refractivity contribution >= 4 is 17.8 Å². The van der Waals surface area contributed by atoms with Crippen LogP contribution in [0, 0.1) is 0 Å². The Morgan fingerprint density at radius 3 is 2.62 bits per heavy atom. The Morgan fingerprint density at radius 2 is 1.76 bits per heavy atom. The molecular weight excluding hydrogens is 532 g/mol. The van der Waals surface area contributed by atoms with Crippen molar-refractivity contribution in [3.8, 4) is 28.7 Å². The minimum atomic E-state index is -0.357. The number of benzene rings is 4. The van der Waals surface area contributed by atoms with Crippen LogP contribution in [0.5, 0.6) is 28.7 Å². The molecule has 42 heavy (non-hydrogen) atoms. The molecule has 4 aromatic carbocycles. The summed E-state index contributed by atoms with van der Waals surface area (Å²) in [4.78, 5) is 26.0. The highest BCUT2D eigenvalue weighted by molar-refractivity contribution is 6.15. The zero-order valence-corrected chi connectivity index (χ0v) is 23.1. The van der Waals surface area contributed by atoms with Crippen LogP contribution in [0.3, 0.4) is 0 Å². The topological polar surface area (TPSA) is 80.3 Å². The Balaban J connectivity index is 1.14. The number of ether oxygens (including phenoxy) is 5. The largest absolute Gasteiger partial charge is 0.497 e. The first-order chi connectivity index (χ1) is 20.6. The molecule has 7 heteroatoms. The highest BCUT2D eigenvalue weighted by Crippen LogP contribution is 2.49. The number of Topliss-reactive ketones (excluding diaryl/α,β-unsaturated/α-hetero) is 1. The van der Waals surface area contributed by atoms with E-state index in [0.29, 0.717) is 35.0 Å². The fourth-order valence-electron chi connectivity index (χ4n) is 5.75. The smallest absolute Gasteiger partial charge is 0.312 e. The van der Waals surface area contributed by atoms with E-state index in [0.717, 1.165) is 42.1 Å². The average Bonchev–Trinajstić information content (AvgIpc) is 3.61. The van der Waals surface area contributed by atoms with Crippen LogP contribution in [-0.4, -0.2) is 32.1 Å².